The summed E-state index contributed by atoms with van der Waals surface area (Å²) in [5.41, 5.74) is -0.242. The summed E-state index contributed by atoms with van der Waals surface area (Å²) >= 11 is 1.80. The summed E-state index contributed by atoms with van der Waals surface area (Å²) in [4.78, 5) is 0. The third-order valence-corrected chi connectivity index (χ3v) is 4.83. The molecule has 1 fully saturated rings. The number of benzene rings is 1. The first-order valence-electron chi connectivity index (χ1n) is 6.51. The Labute approximate surface area is 116 Å². The van der Waals surface area contributed by atoms with E-state index >= 15 is 0 Å². The van der Waals surface area contributed by atoms with Crippen molar-refractivity contribution >= 4 is 11.8 Å². The number of halogens is 2. The van der Waals surface area contributed by atoms with Gasteiger partial charge in [0, 0.05) is 17.8 Å². The molecule has 3 atom stereocenters. The van der Waals surface area contributed by atoms with E-state index in [2.05, 4.69) is 11.6 Å². The first-order chi connectivity index (χ1) is 9.13. The first-order valence-corrected chi connectivity index (χ1v) is 7.80. The zero-order chi connectivity index (χ0) is 13.8. The Hall–Kier alpha value is -0.650. The van der Waals surface area contributed by atoms with Crippen LogP contribution in [-0.4, -0.2) is 29.2 Å². The number of hydrogen-bond donors (Lipinski definition) is 2. The smallest absolute Gasteiger partial charge is 0.131 e. The van der Waals surface area contributed by atoms with Crippen LogP contribution in [0.25, 0.3) is 0 Å². The molecule has 0 heterocycles. The molecule has 3 unspecified atom stereocenters. The maximum absolute atomic E-state index is 13.5. The lowest BCUT2D eigenvalue weighted by atomic mass is 10.1. The zero-order valence-electron chi connectivity index (χ0n) is 10.9. The number of thioether (sulfide) groups is 1. The Kier molecular flexibility index (Phi) is 5.19. The highest BCUT2D eigenvalue weighted by Crippen LogP contribution is 2.29. The van der Waals surface area contributed by atoms with Crippen LogP contribution in [-0.2, 0) is 0 Å². The molecule has 0 aromatic heterocycles. The van der Waals surface area contributed by atoms with E-state index in [-0.39, 0.29) is 12.1 Å². The van der Waals surface area contributed by atoms with Crippen LogP contribution in [0, 0.1) is 11.6 Å². The highest BCUT2D eigenvalue weighted by Gasteiger charge is 2.27. The average molecular weight is 287 g/mol. The fourth-order valence-electron chi connectivity index (χ4n) is 2.64. The predicted molar refractivity (Wildman–Crippen MR) is 74.3 cm³/mol. The molecular weight excluding hydrogens is 268 g/mol. The number of aliphatic hydroxyl groups is 1. The van der Waals surface area contributed by atoms with Crippen LogP contribution in [0.1, 0.15) is 30.9 Å². The molecule has 0 spiro atoms. The van der Waals surface area contributed by atoms with E-state index in [0.29, 0.717) is 11.3 Å². The minimum atomic E-state index is -1.15. The van der Waals surface area contributed by atoms with Crippen molar-refractivity contribution in [2.45, 2.75) is 36.7 Å². The molecule has 0 amide bonds. The van der Waals surface area contributed by atoms with Gasteiger partial charge in [0.2, 0.25) is 0 Å². The summed E-state index contributed by atoms with van der Waals surface area (Å²) in [5.74, 6) is -1.38. The summed E-state index contributed by atoms with van der Waals surface area (Å²) in [7, 11) is 0. The Morgan fingerprint density at radius 2 is 2.05 bits per heavy atom. The molecule has 1 aliphatic rings. The molecule has 5 heteroatoms. The van der Waals surface area contributed by atoms with Gasteiger partial charge in [-0.05, 0) is 31.2 Å². The summed E-state index contributed by atoms with van der Waals surface area (Å²) in [5, 5.41) is 13.7. The van der Waals surface area contributed by atoms with Crippen LogP contribution in [0.5, 0.6) is 0 Å². The van der Waals surface area contributed by atoms with E-state index in [4.69, 9.17) is 0 Å². The highest BCUT2D eigenvalue weighted by atomic mass is 32.2. The van der Waals surface area contributed by atoms with Crippen molar-refractivity contribution in [2.75, 3.05) is 12.8 Å². The van der Waals surface area contributed by atoms with E-state index in [9.17, 15) is 13.9 Å². The Morgan fingerprint density at radius 3 is 2.68 bits per heavy atom. The number of aliphatic hydroxyl groups excluding tert-OH is 1. The predicted octanol–water partition coefficient (Wildman–Crippen LogP) is 2.87. The highest BCUT2D eigenvalue weighted by molar-refractivity contribution is 7.99. The molecule has 2 nitrogen and oxygen atoms in total. The molecule has 0 radical (unpaired) electrons. The molecule has 0 saturated heterocycles. The minimum absolute atomic E-state index is 0.180. The molecule has 2 N–H and O–H groups in total. The lowest BCUT2D eigenvalue weighted by Crippen LogP contribution is -2.37. The van der Waals surface area contributed by atoms with Crippen LogP contribution in [0.4, 0.5) is 8.78 Å². The minimum Gasteiger partial charge on any atom is -0.387 e. The third-order valence-electron chi connectivity index (χ3n) is 3.66. The Morgan fingerprint density at radius 1 is 1.37 bits per heavy atom. The van der Waals surface area contributed by atoms with Gasteiger partial charge in [0.15, 0.2) is 0 Å². The second-order valence-corrected chi connectivity index (χ2v) is 5.95. The van der Waals surface area contributed by atoms with Gasteiger partial charge in [-0.2, -0.15) is 11.8 Å². The maximum Gasteiger partial charge on any atom is 0.131 e. The van der Waals surface area contributed by atoms with Crippen LogP contribution in [0.15, 0.2) is 18.2 Å². The van der Waals surface area contributed by atoms with Gasteiger partial charge in [-0.25, -0.2) is 8.78 Å². The molecular formula is C14H19F2NOS. The molecule has 19 heavy (non-hydrogen) atoms. The Bertz CT molecular complexity index is 410. The molecule has 0 bridgehead atoms. The molecule has 1 aliphatic carbocycles. The van der Waals surface area contributed by atoms with Crippen molar-refractivity contribution in [2.24, 2.45) is 0 Å². The van der Waals surface area contributed by atoms with Gasteiger partial charge in [0.05, 0.1) is 11.7 Å². The van der Waals surface area contributed by atoms with Crippen molar-refractivity contribution < 1.29 is 13.9 Å². The van der Waals surface area contributed by atoms with Gasteiger partial charge >= 0.3 is 0 Å². The second-order valence-electron chi connectivity index (χ2n) is 4.87. The van der Waals surface area contributed by atoms with Crippen LogP contribution in [0.3, 0.4) is 0 Å². The lowest BCUT2D eigenvalue weighted by molar-refractivity contribution is 0.161. The second kappa shape index (κ2) is 6.68. The van der Waals surface area contributed by atoms with E-state index < -0.39 is 17.7 Å². The van der Waals surface area contributed by atoms with Gasteiger partial charge in [-0.15, -0.1) is 0 Å². The standard InChI is InChI=1S/C14H19F2NOS/c1-19-13-7-3-6-11(13)17-8-12(18)14-9(15)4-2-5-10(14)16/h2,4-5,11-13,17-18H,3,6-8H2,1H3. The topological polar surface area (TPSA) is 32.3 Å². The summed E-state index contributed by atoms with van der Waals surface area (Å²) in [6.07, 6.45) is 4.29. The first kappa shape index (κ1) is 14.8. The van der Waals surface area contributed by atoms with Crippen LogP contribution in [0.2, 0.25) is 0 Å². The fourth-order valence-corrected chi connectivity index (χ4v) is 3.60. The normalized spacial score (nSPS) is 24.6. The van der Waals surface area contributed by atoms with E-state index in [0.717, 1.165) is 19.3 Å². The number of nitrogens with one attached hydrogen (secondary N) is 1. The molecule has 2 rings (SSSR count). The average Bonchev–Trinajstić information content (AvgIpc) is 2.83. The molecule has 106 valence electrons. The molecule has 0 aliphatic heterocycles. The molecule has 1 saturated carbocycles. The fraction of sp³-hybridized carbons (Fsp3) is 0.571. The van der Waals surface area contributed by atoms with Gasteiger partial charge in [-0.1, -0.05) is 12.5 Å². The zero-order valence-corrected chi connectivity index (χ0v) is 11.7. The summed E-state index contributed by atoms with van der Waals surface area (Å²) < 4.78 is 27.0. The van der Waals surface area contributed by atoms with E-state index in [1.807, 2.05) is 0 Å². The van der Waals surface area contributed by atoms with Crippen molar-refractivity contribution in [3.05, 3.63) is 35.4 Å². The largest absolute Gasteiger partial charge is 0.387 e. The van der Waals surface area contributed by atoms with Gasteiger partial charge in [0.1, 0.15) is 11.6 Å². The van der Waals surface area contributed by atoms with Crippen molar-refractivity contribution in [3.63, 3.8) is 0 Å². The third kappa shape index (κ3) is 3.46. The van der Waals surface area contributed by atoms with Crippen LogP contribution < -0.4 is 5.32 Å². The monoisotopic (exact) mass is 287 g/mol. The van der Waals surface area contributed by atoms with Gasteiger partial charge in [0.25, 0.3) is 0 Å². The van der Waals surface area contributed by atoms with Crippen molar-refractivity contribution in [1.29, 1.82) is 0 Å². The summed E-state index contributed by atoms with van der Waals surface area (Å²) in [6.45, 7) is 0.180. The van der Waals surface area contributed by atoms with E-state index in [1.54, 1.807) is 11.8 Å². The maximum atomic E-state index is 13.5. The SMILES string of the molecule is CSC1CCCC1NCC(O)c1c(F)cccc1F. The van der Waals surface area contributed by atoms with Crippen LogP contribution >= 0.6 is 11.8 Å². The molecule has 1 aromatic rings. The van der Waals surface area contributed by atoms with Crippen molar-refractivity contribution in [3.8, 4) is 0 Å². The van der Waals surface area contributed by atoms with Crippen molar-refractivity contribution in [1.82, 2.24) is 5.32 Å². The van der Waals surface area contributed by atoms with Gasteiger partial charge in [-0.3, -0.25) is 0 Å². The number of rotatable bonds is 5. The number of hydrogen-bond acceptors (Lipinski definition) is 3. The molecule has 1 aromatic carbocycles. The quantitative estimate of drug-likeness (QED) is 0.873. The van der Waals surface area contributed by atoms with E-state index in [1.165, 1.54) is 18.2 Å². The van der Waals surface area contributed by atoms with Gasteiger partial charge < -0.3 is 10.4 Å². The Balaban J connectivity index is 1.96. The lowest BCUT2D eigenvalue weighted by Gasteiger charge is -2.21. The summed E-state index contributed by atoms with van der Waals surface area (Å²) in [6, 6.07) is 3.96.